The summed E-state index contributed by atoms with van der Waals surface area (Å²) < 4.78 is 32.1. The molecule has 0 heterocycles. The number of hydrogen-bond donors (Lipinski definition) is 2. The highest BCUT2D eigenvalue weighted by molar-refractivity contribution is 7.85. The van der Waals surface area contributed by atoms with Crippen LogP contribution in [0.1, 0.15) is 115 Å². The second-order valence-corrected chi connectivity index (χ2v) is 9.71. The van der Waals surface area contributed by atoms with E-state index in [4.69, 9.17) is 0 Å². The molecule has 1 aromatic carbocycles. The smallest absolute Gasteiger partial charge is 0.294 e. The lowest BCUT2D eigenvalue weighted by molar-refractivity contribution is 0.464. The molecule has 5 heteroatoms. The molecule has 0 saturated carbocycles. The van der Waals surface area contributed by atoms with E-state index in [0.717, 1.165) is 25.3 Å². The summed E-state index contributed by atoms with van der Waals surface area (Å²) in [6.45, 7) is 2.26. The highest BCUT2D eigenvalue weighted by atomic mass is 32.2. The molecular weight excluding hydrogens is 384 g/mol. The molecule has 0 aliphatic carbocycles. The van der Waals surface area contributed by atoms with E-state index in [1.165, 1.54) is 89.5 Å². The fraction of sp³-hybridized carbons (Fsp3) is 0.750. The van der Waals surface area contributed by atoms with Gasteiger partial charge in [0.15, 0.2) is 0 Å². The fourth-order valence-electron chi connectivity index (χ4n) is 3.85. The first-order valence-corrected chi connectivity index (χ1v) is 13.2. The normalized spacial score (nSPS) is 11.8. The van der Waals surface area contributed by atoms with Crippen molar-refractivity contribution in [1.82, 2.24) is 0 Å². The number of phenolic OH excluding ortho intramolecular Hbond substituents is 1. The topological polar surface area (TPSA) is 74.6 Å². The number of aromatic hydroxyl groups is 1. The highest BCUT2D eigenvalue weighted by Crippen LogP contribution is 2.23. The summed E-state index contributed by atoms with van der Waals surface area (Å²) in [7, 11) is -4.29. The van der Waals surface area contributed by atoms with Gasteiger partial charge in [0.1, 0.15) is 10.6 Å². The summed E-state index contributed by atoms with van der Waals surface area (Å²) in [5, 5.41) is 9.44. The number of unbranched alkanes of at least 4 members (excludes halogenated alkanes) is 15. The third-order valence-corrected chi connectivity index (χ3v) is 6.56. The summed E-state index contributed by atoms with van der Waals surface area (Å²) >= 11 is 0. The molecule has 4 nitrogen and oxygen atoms in total. The average Bonchev–Trinajstić information content (AvgIpc) is 2.68. The Morgan fingerprint density at radius 2 is 1.10 bits per heavy atom. The van der Waals surface area contributed by atoms with E-state index in [2.05, 4.69) is 6.92 Å². The van der Waals surface area contributed by atoms with Crippen molar-refractivity contribution >= 4 is 10.1 Å². The predicted molar refractivity (Wildman–Crippen MR) is 121 cm³/mol. The molecule has 0 spiro atoms. The molecule has 0 radical (unpaired) electrons. The second-order valence-electron chi connectivity index (χ2n) is 8.32. The van der Waals surface area contributed by atoms with Gasteiger partial charge in [0, 0.05) is 6.07 Å². The molecule has 0 saturated heterocycles. The molecule has 168 valence electrons. The molecule has 0 atom stereocenters. The first-order chi connectivity index (χ1) is 13.9. The van der Waals surface area contributed by atoms with Gasteiger partial charge in [0.2, 0.25) is 0 Å². The van der Waals surface area contributed by atoms with Crippen LogP contribution >= 0.6 is 0 Å². The predicted octanol–water partition coefficient (Wildman–Crippen LogP) is 7.44. The molecule has 29 heavy (non-hydrogen) atoms. The lowest BCUT2D eigenvalue weighted by Gasteiger charge is -2.08. The zero-order chi connectivity index (χ0) is 21.4. The second kappa shape index (κ2) is 15.7. The van der Waals surface area contributed by atoms with Crippen molar-refractivity contribution in [2.75, 3.05) is 0 Å². The van der Waals surface area contributed by atoms with Crippen LogP contribution in [0.2, 0.25) is 0 Å². The monoisotopic (exact) mass is 426 g/mol. The first kappa shape index (κ1) is 26.0. The fourth-order valence-corrected chi connectivity index (χ4v) is 4.62. The number of benzene rings is 1. The molecule has 0 fully saturated rings. The standard InChI is InChI=1S/C24H42O4S/c1-2-3-4-5-6-7-8-9-10-11-12-13-14-15-16-17-18-22-19-20-23(25)21-24(22)29(26,27)28/h19-21,25H,2-18H2,1H3,(H,26,27,28). The summed E-state index contributed by atoms with van der Waals surface area (Å²) in [4.78, 5) is -0.168. The maximum Gasteiger partial charge on any atom is 0.294 e. The van der Waals surface area contributed by atoms with Crippen LogP contribution in [0.15, 0.2) is 23.1 Å². The number of rotatable bonds is 18. The van der Waals surface area contributed by atoms with Crippen molar-refractivity contribution in [3.05, 3.63) is 23.8 Å². The van der Waals surface area contributed by atoms with Crippen molar-refractivity contribution in [2.24, 2.45) is 0 Å². The molecule has 0 bridgehead atoms. The molecule has 0 unspecified atom stereocenters. The molecule has 2 N–H and O–H groups in total. The van der Waals surface area contributed by atoms with Crippen LogP contribution in [-0.4, -0.2) is 18.1 Å². The lowest BCUT2D eigenvalue weighted by atomic mass is 10.0. The summed E-state index contributed by atoms with van der Waals surface area (Å²) in [6.07, 6.45) is 21.4. The molecule has 0 aliphatic heterocycles. The average molecular weight is 427 g/mol. The molecule has 0 aliphatic rings. The van der Waals surface area contributed by atoms with Crippen LogP contribution in [0.3, 0.4) is 0 Å². The van der Waals surface area contributed by atoms with Gasteiger partial charge in [0.25, 0.3) is 10.1 Å². The van der Waals surface area contributed by atoms with Gasteiger partial charge in [-0.1, -0.05) is 109 Å². The van der Waals surface area contributed by atoms with Gasteiger partial charge in [-0.15, -0.1) is 0 Å². The van der Waals surface area contributed by atoms with Crippen LogP contribution in [0.5, 0.6) is 5.75 Å². The van der Waals surface area contributed by atoms with Crippen LogP contribution in [0.25, 0.3) is 0 Å². The van der Waals surface area contributed by atoms with E-state index in [9.17, 15) is 18.1 Å². The van der Waals surface area contributed by atoms with Crippen molar-refractivity contribution in [3.63, 3.8) is 0 Å². The summed E-state index contributed by atoms with van der Waals surface area (Å²) in [5.41, 5.74) is 0.579. The van der Waals surface area contributed by atoms with E-state index in [1.54, 1.807) is 6.07 Å². The van der Waals surface area contributed by atoms with E-state index in [0.29, 0.717) is 12.0 Å². The minimum absolute atomic E-state index is 0.145. The Morgan fingerprint density at radius 3 is 1.52 bits per heavy atom. The molecule has 1 aromatic rings. The van der Waals surface area contributed by atoms with Crippen LogP contribution in [0.4, 0.5) is 0 Å². The Kier molecular flexibility index (Phi) is 14.1. The summed E-state index contributed by atoms with van der Waals surface area (Å²) in [6, 6.07) is 4.18. The lowest BCUT2D eigenvalue weighted by Crippen LogP contribution is -2.03. The van der Waals surface area contributed by atoms with Crippen molar-refractivity contribution in [3.8, 4) is 5.75 Å². The van der Waals surface area contributed by atoms with Gasteiger partial charge in [-0.05, 0) is 24.5 Å². The minimum Gasteiger partial charge on any atom is -0.508 e. The third kappa shape index (κ3) is 13.0. The highest BCUT2D eigenvalue weighted by Gasteiger charge is 2.15. The van der Waals surface area contributed by atoms with Gasteiger partial charge < -0.3 is 5.11 Å². The zero-order valence-corrected chi connectivity index (χ0v) is 19.2. The minimum atomic E-state index is -4.29. The number of aryl methyl sites for hydroxylation is 1. The quantitative estimate of drug-likeness (QED) is 0.189. The molecule has 0 aromatic heterocycles. The Hall–Kier alpha value is -1.07. The Morgan fingerprint density at radius 1 is 0.690 bits per heavy atom. The van der Waals surface area contributed by atoms with E-state index >= 15 is 0 Å². The van der Waals surface area contributed by atoms with Crippen molar-refractivity contribution in [1.29, 1.82) is 0 Å². The van der Waals surface area contributed by atoms with Gasteiger partial charge in [-0.25, -0.2) is 0 Å². The van der Waals surface area contributed by atoms with Crippen molar-refractivity contribution in [2.45, 2.75) is 121 Å². The Bertz CT molecular complexity index is 640. The number of hydrogen-bond acceptors (Lipinski definition) is 3. The summed E-state index contributed by atoms with van der Waals surface area (Å²) in [5.74, 6) is -0.145. The van der Waals surface area contributed by atoms with E-state index in [1.807, 2.05) is 0 Å². The van der Waals surface area contributed by atoms with Gasteiger partial charge in [-0.2, -0.15) is 8.42 Å². The first-order valence-electron chi connectivity index (χ1n) is 11.7. The SMILES string of the molecule is CCCCCCCCCCCCCCCCCCc1ccc(O)cc1S(=O)(=O)O. The molecule has 1 rings (SSSR count). The van der Waals surface area contributed by atoms with Gasteiger partial charge in [-0.3, -0.25) is 4.55 Å². The maximum atomic E-state index is 11.4. The molecule has 0 amide bonds. The van der Waals surface area contributed by atoms with Crippen LogP contribution in [0, 0.1) is 0 Å². The Balaban J connectivity index is 1.97. The third-order valence-electron chi connectivity index (χ3n) is 5.63. The Labute approximate surface area is 178 Å². The van der Waals surface area contributed by atoms with Crippen LogP contribution in [-0.2, 0) is 16.5 Å². The number of phenols is 1. The van der Waals surface area contributed by atoms with E-state index in [-0.39, 0.29) is 10.6 Å². The largest absolute Gasteiger partial charge is 0.508 e. The zero-order valence-electron chi connectivity index (χ0n) is 18.4. The van der Waals surface area contributed by atoms with Gasteiger partial charge in [0.05, 0.1) is 0 Å². The van der Waals surface area contributed by atoms with Crippen molar-refractivity contribution < 1.29 is 18.1 Å². The molecular formula is C24H42O4S. The maximum absolute atomic E-state index is 11.4. The van der Waals surface area contributed by atoms with Gasteiger partial charge >= 0.3 is 0 Å². The van der Waals surface area contributed by atoms with E-state index < -0.39 is 10.1 Å². The van der Waals surface area contributed by atoms with Crippen LogP contribution < -0.4 is 0 Å².